The molecule has 0 aliphatic rings. The zero-order chi connectivity index (χ0) is 15.2. The highest BCUT2D eigenvalue weighted by Gasteiger charge is 2.16. The first kappa shape index (κ1) is 15.2. The molecule has 4 nitrogen and oxygen atoms in total. The van der Waals surface area contributed by atoms with Crippen molar-refractivity contribution >= 4 is 23.1 Å². The molecule has 0 bridgehead atoms. The fourth-order valence-electron chi connectivity index (χ4n) is 1.70. The van der Waals surface area contributed by atoms with E-state index in [4.69, 9.17) is 0 Å². The third-order valence-corrected chi connectivity index (χ3v) is 3.67. The molecule has 0 amide bonds. The van der Waals surface area contributed by atoms with Crippen LogP contribution in [0.4, 0.5) is 20.2 Å². The van der Waals surface area contributed by atoms with Gasteiger partial charge in [0.15, 0.2) is 11.6 Å². The molecule has 0 saturated carbocycles. The van der Waals surface area contributed by atoms with Crippen molar-refractivity contribution in [1.29, 1.82) is 0 Å². The van der Waals surface area contributed by atoms with Crippen molar-refractivity contribution in [2.45, 2.75) is 4.90 Å². The number of nitro groups is 1. The summed E-state index contributed by atoms with van der Waals surface area (Å²) < 4.78 is 27.2. The van der Waals surface area contributed by atoms with E-state index in [0.29, 0.717) is 24.4 Å². The van der Waals surface area contributed by atoms with Crippen LogP contribution in [0.3, 0.4) is 0 Å². The third kappa shape index (κ3) is 4.16. The zero-order valence-corrected chi connectivity index (χ0v) is 11.7. The lowest BCUT2D eigenvalue weighted by Crippen LogP contribution is -2.08. The first-order chi connectivity index (χ1) is 10.1. The van der Waals surface area contributed by atoms with Crippen molar-refractivity contribution < 1.29 is 13.7 Å². The van der Waals surface area contributed by atoms with Crippen LogP contribution in [0.25, 0.3) is 0 Å². The van der Waals surface area contributed by atoms with Gasteiger partial charge in [-0.3, -0.25) is 10.1 Å². The number of nitrogens with one attached hydrogen (secondary N) is 1. The van der Waals surface area contributed by atoms with Crippen LogP contribution in [-0.2, 0) is 0 Å². The average Bonchev–Trinajstić information content (AvgIpc) is 2.46. The van der Waals surface area contributed by atoms with Crippen LogP contribution in [0.2, 0.25) is 0 Å². The normalized spacial score (nSPS) is 10.4. The minimum Gasteiger partial charge on any atom is -0.379 e. The number of non-ortho nitro benzene ring substituents is 1. The van der Waals surface area contributed by atoms with Gasteiger partial charge in [0.05, 0.1) is 17.1 Å². The van der Waals surface area contributed by atoms with Gasteiger partial charge >= 0.3 is 0 Å². The van der Waals surface area contributed by atoms with Crippen molar-refractivity contribution in [1.82, 2.24) is 0 Å². The van der Waals surface area contributed by atoms with Crippen LogP contribution in [0.1, 0.15) is 0 Å². The van der Waals surface area contributed by atoms with Crippen molar-refractivity contribution in [2.75, 3.05) is 17.6 Å². The smallest absolute Gasteiger partial charge is 0.275 e. The summed E-state index contributed by atoms with van der Waals surface area (Å²) in [6.45, 7) is 0.339. The van der Waals surface area contributed by atoms with Crippen molar-refractivity contribution in [3.8, 4) is 0 Å². The zero-order valence-electron chi connectivity index (χ0n) is 10.9. The molecule has 0 saturated heterocycles. The number of rotatable bonds is 6. The summed E-state index contributed by atoms with van der Waals surface area (Å²) in [5, 5.41) is 13.1. The molecule has 7 heteroatoms. The molecule has 0 spiro atoms. The lowest BCUT2D eigenvalue weighted by atomic mass is 10.2. The van der Waals surface area contributed by atoms with Gasteiger partial charge in [-0.05, 0) is 12.1 Å². The van der Waals surface area contributed by atoms with Gasteiger partial charge in [-0.15, -0.1) is 11.8 Å². The molecule has 110 valence electrons. The molecule has 0 radical (unpaired) electrons. The van der Waals surface area contributed by atoms with E-state index in [1.165, 1.54) is 0 Å². The molecule has 0 heterocycles. The molecule has 2 rings (SSSR count). The van der Waals surface area contributed by atoms with Crippen LogP contribution in [0.5, 0.6) is 0 Å². The number of hydrogen-bond donors (Lipinski definition) is 1. The molecule has 21 heavy (non-hydrogen) atoms. The van der Waals surface area contributed by atoms with Gasteiger partial charge in [0.2, 0.25) is 0 Å². The Morgan fingerprint density at radius 2 is 1.76 bits per heavy atom. The highest BCUT2D eigenvalue weighted by atomic mass is 32.2. The fourth-order valence-corrected chi connectivity index (χ4v) is 2.49. The van der Waals surface area contributed by atoms with Gasteiger partial charge in [0.1, 0.15) is 5.69 Å². The summed E-state index contributed by atoms with van der Waals surface area (Å²) in [6.07, 6.45) is 0. The summed E-state index contributed by atoms with van der Waals surface area (Å²) in [7, 11) is 0. The molecule has 0 atom stereocenters. The standard InChI is InChI=1S/C14H12F2N2O2S/c15-12-8-10(18(19)20)9-13(16)14(12)17-6-7-21-11-4-2-1-3-5-11/h1-5,8-9,17H,6-7H2. The lowest BCUT2D eigenvalue weighted by Gasteiger charge is -2.08. The minimum atomic E-state index is -0.966. The maximum atomic E-state index is 13.6. The van der Waals surface area contributed by atoms with Gasteiger partial charge in [-0.25, -0.2) is 8.78 Å². The van der Waals surface area contributed by atoms with Crippen molar-refractivity contribution in [3.05, 3.63) is 64.2 Å². The number of hydrogen-bond acceptors (Lipinski definition) is 4. The third-order valence-electron chi connectivity index (χ3n) is 2.65. The van der Waals surface area contributed by atoms with E-state index in [-0.39, 0.29) is 5.69 Å². The fraction of sp³-hybridized carbons (Fsp3) is 0.143. The number of benzene rings is 2. The first-order valence-corrected chi connectivity index (χ1v) is 7.11. The Bertz CT molecular complexity index is 615. The highest BCUT2D eigenvalue weighted by molar-refractivity contribution is 7.99. The molecule has 1 N–H and O–H groups in total. The summed E-state index contributed by atoms with van der Waals surface area (Å²) in [5.74, 6) is -1.32. The Balaban J connectivity index is 1.93. The average molecular weight is 310 g/mol. The van der Waals surface area contributed by atoms with E-state index in [9.17, 15) is 18.9 Å². The monoisotopic (exact) mass is 310 g/mol. The Labute approximate surface area is 124 Å². The van der Waals surface area contributed by atoms with Gasteiger partial charge in [0, 0.05) is 17.2 Å². The summed E-state index contributed by atoms with van der Waals surface area (Å²) in [4.78, 5) is 10.7. The van der Waals surface area contributed by atoms with Crippen LogP contribution < -0.4 is 5.32 Å². The number of halogens is 2. The van der Waals surface area contributed by atoms with Crippen LogP contribution in [0.15, 0.2) is 47.4 Å². The van der Waals surface area contributed by atoms with E-state index < -0.39 is 22.2 Å². The predicted molar refractivity (Wildman–Crippen MR) is 78.7 cm³/mol. The maximum absolute atomic E-state index is 13.6. The van der Waals surface area contributed by atoms with E-state index in [1.807, 2.05) is 30.3 Å². The van der Waals surface area contributed by atoms with E-state index in [2.05, 4.69) is 5.32 Å². The number of anilines is 1. The highest BCUT2D eigenvalue weighted by Crippen LogP contribution is 2.25. The molecular formula is C14H12F2N2O2S. The van der Waals surface area contributed by atoms with Gasteiger partial charge in [-0.2, -0.15) is 0 Å². The molecule has 0 aromatic heterocycles. The second-order valence-electron chi connectivity index (χ2n) is 4.13. The molecule has 2 aromatic carbocycles. The van der Waals surface area contributed by atoms with E-state index in [0.717, 1.165) is 4.90 Å². The van der Waals surface area contributed by atoms with Gasteiger partial charge in [-0.1, -0.05) is 18.2 Å². The second kappa shape index (κ2) is 7.03. The Morgan fingerprint density at radius 3 is 2.33 bits per heavy atom. The first-order valence-electron chi connectivity index (χ1n) is 6.13. The minimum absolute atomic E-state index is 0.339. The molecule has 0 unspecified atom stereocenters. The summed E-state index contributed by atoms with van der Waals surface area (Å²) >= 11 is 1.54. The second-order valence-corrected chi connectivity index (χ2v) is 5.30. The predicted octanol–water partition coefficient (Wildman–Crippen LogP) is 4.08. The largest absolute Gasteiger partial charge is 0.379 e. The number of nitrogens with zero attached hydrogens (tertiary/aromatic N) is 1. The molecular weight excluding hydrogens is 298 g/mol. The Kier molecular flexibility index (Phi) is 5.10. The number of nitro benzene ring substituents is 1. The van der Waals surface area contributed by atoms with Crippen molar-refractivity contribution in [3.63, 3.8) is 0 Å². The molecule has 0 aliphatic heterocycles. The quantitative estimate of drug-likeness (QED) is 0.378. The molecule has 0 aliphatic carbocycles. The summed E-state index contributed by atoms with van der Waals surface area (Å²) in [5.41, 5.74) is -0.941. The Morgan fingerprint density at radius 1 is 1.14 bits per heavy atom. The van der Waals surface area contributed by atoms with Crippen LogP contribution in [-0.4, -0.2) is 17.2 Å². The topological polar surface area (TPSA) is 55.2 Å². The molecule has 0 fully saturated rings. The summed E-state index contributed by atoms with van der Waals surface area (Å²) in [6, 6.07) is 11.0. The van der Waals surface area contributed by atoms with E-state index in [1.54, 1.807) is 11.8 Å². The van der Waals surface area contributed by atoms with Gasteiger partial charge < -0.3 is 5.32 Å². The van der Waals surface area contributed by atoms with Crippen molar-refractivity contribution in [2.24, 2.45) is 0 Å². The maximum Gasteiger partial charge on any atom is 0.275 e. The lowest BCUT2D eigenvalue weighted by molar-refractivity contribution is -0.385. The van der Waals surface area contributed by atoms with Gasteiger partial charge in [0.25, 0.3) is 5.69 Å². The van der Waals surface area contributed by atoms with E-state index >= 15 is 0 Å². The van der Waals surface area contributed by atoms with Crippen LogP contribution >= 0.6 is 11.8 Å². The molecule has 2 aromatic rings. The number of thioether (sulfide) groups is 1. The SMILES string of the molecule is O=[N+]([O-])c1cc(F)c(NCCSc2ccccc2)c(F)c1. The van der Waals surface area contributed by atoms with Crippen LogP contribution in [0, 0.1) is 21.7 Å². The Hall–Kier alpha value is -2.15.